The van der Waals surface area contributed by atoms with Gasteiger partial charge in [-0.1, -0.05) is 45.0 Å². The molecule has 0 aliphatic rings. The monoisotopic (exact) mass is 533 g/mol. The fourth-order valence-electron chi connectivity index (χ4n) is 3.91. The smallest absolute Gasteiger partial charge is 0.244 e. The minimum absolute atomic E-state index is 0.169. The highest BCUT2D eigenvalue weighted by Crippen LogP contribution is 2.32. The van der Waals surface area contributed by atoms with Crippen LogP contribution >= 0.6 is 0 Å². The lowest BCUT2D eigenvalue weighted by atomic mass is 10.1. The van der Waals surface area contributed by atoms with Gasteiger partial charge in [0.1, 0.15) is 12.6 Å². The summed E-state index contributed by atoms with van der Waals surface area (Å²) in [5, 5.41) is 2.92. The number of sulfonamides is 1. The molecular formula is C27H39N3O6S. The SMILES string of the molecule is CCC(C(=O)NCC(C)C)N(Cc1ccccc1C)C(=O)CN(c1ccc(OC)c(OC)c1)S(C)(=O)=O. The molecule has 0 heterocycles. The molecule has 2 aromatic rings. The summed E-state index contributed by atoms with van der Waals surface area (Å²) in [6.07, 6.45) is 1.41. The molecule has 0 aliphatic carbocycles. The summed E-state index contributed by atoms with van der Waals surface area (Å²) in [7, 11) is -0.930. The Bertz CT molecular complexity index is 1180. The van der Waals surface area contributed by atoms with Crippen molar-refractivity contribution in [3.63, 3.8) is 0 Å². The van der Waals surface area contributed by atoms with Crippen molar-refractivity contribution < 1.29 is 27.5 Å². The molecule has 0 radical (unpaired) electrons. The molecule has 0 saturated heterocycles. The molecule has 1 atom stereocenters. The van der Waals surface area contributed by atoms with Crippen molar-refractivity contribution in [2.24, 2.45) is 5.92 Å². The van der Waals surface area contributed by atoms with Crippen LogP contribution in [0.25, 0.3) is 0 Å². The number of amides is 2. The van der Waals surface area contributed by atoms with Gasteiger partial charge in [-0.3, -0.25) is 13.9 Å². The first-order chi connectivity index (χ1) is 17.4. The molecule has 0 spiro atoms. The fraction of sp³-hybridized carbons (Fsp3) is 0.481. The van der Waals surface area contributed by atoms with Crippen molar-refractivity contribution in [1.29, 1.82) is 0 Å². The summed E-state index contributed by atoms with van der Waals surface area (Å²) in [5.74, 6) is 0.246. The van der Waals surface area contributed by atoms with Crippen molar-refractivity contribution in [1.82, 2.24) is 10.2 Å². The van der Waals surface area contributed by atoms with E-state index in [0.29, 0.717) is 24.5 Å². The molecule has 0 aliphatic heterocycles. The highest BCUT2D eigenvalue weighted by molar-refractivity contribution is 7.92. The number of ether oxygens (including phenoxy) is 2. The zero-order chi connectivity index (χ0) is 27.8. The van der Waals surface area contributed by atoms with Crippen LogP contribution in [-0.4, -0.2) is 64.7 Å². The Labute approximate surface area is 220 Å². The first kappa shape index (κ1) is 30.0. The average Bonchev–Trinajstić information content (AvgIpc) is 2.85. The van der Waals surface area contributed by atoms with Crippen LogP contribution in [0, 0.1) is 12.8 Å². The molecule has 1 N–H and O–H groups in total. The van der Waals surface area contributed by atoms with Crippen LogP contribution in [0.15, 0.2) is 42.5 Å². The highest BCUT2D eigenvalue weighted by atomic mass is 32.2. The quantitative estimate of drug-likeness (QED) is 0.423. The number of aryl methyl sites for hydroxylation is 1. The van der Waals surface area contributed by atoms with Gasteiger partial charge in [-0.2, -0.15) is 0 Å². The standard InChI is InChI=1S/C27H39N3O6S/c1-8-23(27(32)28-16-19(2)3)29(17-21-12-10-9-11-20(21)4)26(31)18-30(37(7,33)34)22-13-14-24(35-5)25(15-22)36-6/h9-15,19,23H,8,16-18H2,1-7H3,(H,28,32). The van der Waals surface area contributed by atoms with Crippen molar-refractivity contribution in [3.05, 3.63) is 53.6 Å². The second kappa shape index (κ2) is 13.3. The van der Waals surface area contributed by atoms with Crippen LogP contribution in [0.1, 0.15) is 38.3 Å². The van der Waals surface area contributed by atoms with Gasteiger partial charge in [-0.05, 0) is 42.5 Å². The number of anilines is 1. The zero-order valence-corrected chi connectivity index (χ0v) is 23.6. The van der Waals surface area contributed by atoms with E-state index in [1.54, 1.807) is 12.1 Å². The van der Waals surface area contributed by atoms with Crippen LogP contribution in [0.2, 0.25) is 0 Å². The molecule has 2 rings (SSSR count). The normalized spacial score (nSPS) is 12.1. The third-order valence-electron chi connectivity index (χ3n) is 6.01. The largest absolute Gasteiger partial charge is 0.493 e. The number of benzene rings is 2. The Balaban J connectivity index is 2.48. The van der Waals surface area contributed by atoms with Gasteiger partial charge in [0.25, 0.3) is 0 Å². The summed E-state index contributed by atoms with van der Waals surface area (Å²) in [5.41, 5.74) is 2.10. The van der Waals surface area contributed by atoms with E-state index in [4.69, 9.17) is 9.47 Å². The van der Waals surface area contributed by atoms with Crippen LogP contribution in [0.4, 0.5) is 5.69 Å². The number of hydrogen-bond donors (Lipinski definition) is 1. The van der Waals surface area contributed by atoms with Crippen molar-refractivity contribution >= 4 is 27.5 Å². The van der Waals surface area contributed by atoms with Gasteiger partial charge in [0.05, 0.1) is 26.2 Å². The Morgan fingerprint density at radius 1 is 1.03 bits per heavy atom. The third kappa shape index (κ3) is 8.11. The number of carbonyl (C=O) groups excluding carboxylic acids is 2. The van der Waals surface area contributed by atoms with Gasteiger partial charge in [0.2, 0.25) is 21.8 Å². The zero-order valence-electron chi connectivity index (χ0n) is 22.8. The second-order valence-corrected chi connectivity index (χ2v) is 11.2. The Kier molecular flexibility index (Phi) is 10.8. The van der Waals surface area contributed by atoms with E-state index in [1.165, 1.54) is 25.2 Å². The van der Waals surface area contributed by atoms with E-state index >= 15 is 0 Å². The molecule has 204 valence electrons. The minimum atomic E-state index is -3.86. The lowest BCUT2D eigenvalue weighted by molar-refractivity contribution is -0.140. The molecule has 10 heteroatoms. The Morgan fingerprint density at radius 3 is 2.22 bits per heavy atom. The van der Waals surface area contributed by atoms with Gasteiger partial charge in [-0.25, -0.2) is 8.42 Å². The highest BCUT2D eigenvalue weighted by Gasteiger charge is 2.32. The van der Waals surface area contributed by atoms with Crippen molar-refractivity contribution in [2.75, 3.05) is 37.9 Å². The van der Waals surface area contributed by atoms with Crippen LogP contribution < -0.4 is 19.1 Å². The van der Waals surface area contributed by atoms with Crippen LogP contribution in [0.5, 0.6) is 11.5 Å². The molecule has 0 saturated carbocycles. The van der Waals surface area contributed by atoms with Crippen molar-refractivity contribution in [3.8, 4) is 11.5 Å². The number of carbonyl (C=O) groups is 2. The van der Waals surface area contributed by atoms with Crippen LogP contribution in [0.3, 0.4) is 0 Å². The predicted octanol–water partition coefficient (Wildman–Crippen LogP) is 3.36. The first-order valence-electron chi connectivity index (χ1n) is 12.2. The minimum Gasteiger partial charge on any atom is -0.493 e. The average molecular weight is 534 g/mol. The summed E-state index contributed by atoms with van der Waals surface area (Å²) in [4.78, 5) is 28.4. The van der Waals surface area contributed by atoms with E-state index in [9.17, 15) is 18.0 Å². The van der Waals surface area contributed by atoms with Gasteiger partial charge >= 0.3 is 0 Å². The number of nitrogens with zero attached hydrogens (tertiary/aromatic N) is 2. The van der Waals surface area contributed by atoms with E-state index in [-0.39, 0.29) is 24.1 Å². The lowest BCUT2D eigenvalue weighted by Gasteiger charge is -2.33. The van der Waals surface area contributed by atoms with E-state index < -0.39 is 28.5 Å². The maximum absolute atomic E-state index is 13.8. The second-order valence-electron chi connectivity index (χ2n) is 9.32. The lowest BCUT2D eigenvalue weighted by Crippen LogP contribution is -2.52. The number of hydrogen-bond acceptors (Lipinski definition) is 6. The van der Waals surface area contributed by atoms with E-state index in [0.717, 1.165) is 21.7 Å². The van der Waals surface area contributed by atoms with Gasteiger partial charge < -0.3 is 19.7 Å². The molecule has 1 unspecified atom stereocenters. The van der Waals surface area contributed by atoms with Gasteiger partial charge in [0, 0.05) is 19.2 Å². The van der Waals surface area contributed by atoms with Gasteiger partial charge in [0.15, 0.2) is 11.5 Å². The molecule has 0 aromatic heterocycles. The maximum Gasteiger partial charge on any atom is 0.244 e. The molecule has 0 bridgehead atoms. The number of nitrogens with one attached hydrogen (secondary N) is 1. The summed E-state index contributed by atoms with van der Waals surface area (Å²) in [6, 6.07) is 11.5. The summed E-state index contributed by atoms with van der Waals surface area (Å²) < 4.78 is 37.2. The Hall–Kier alpha value is -3.27. The Morgan fingerprint density at radius 2 is 1.68 bits per heavy atom. The summed E-state index contributed by atoms with van der Waals surface area (Å²) in [6.45, 7) is 7.92. The fourth-order valence-corrected chi connectivity index (χ4v) is 4.75. The molecule has 9 nitrogen and oxygen atoms in total. The molecule has 2 aromatic carbocycles. The summed E-state index contributed by atoms with van der Waals surface area (Å²) >= 11 is 0. The van der Waals surface area contributed by atoms with E-state index in [1.807, 2.05) is 52.0 Å². The maximum atomic E-state index is 13.8. The van der Waals surface area contributed by atoms with Gasteiger partial charge in [-0.15, -0.1) is 0 Å². The molecular weight excluding hydrogens is 494 g/mol. The number of rotatable bonds is 13. The molecule has 0 fully saturated rings. The van der Waals surface area contributed by atoms with E-state index in [2.05, 4.69) is 5.32 Å². The van der Waals surface area contributed by atoms with Crippen molar-refractivity contribution in [2.45, 2.75) is 46.7 Å². The predicted molar refractivity (Wildman–Crippen MR) is 145 cm³/mol. The number of methoxy groups -OCH3 is 2. The molecule has 37 heavy (non-hydrogen) atoms. The third-order valence-corrected chi connectivity index (χ3v) is 7.15. The molecule has 2 amide bonds. The first-order valence-corrected chi connectivity index (χ1v) is 14.1. The van der Waals surface area contributed by atoms with Crippen LogP contribution in [-0.2, 0) is 26.2 Å². The topological polar surface area (TPSA) is 105 Å².